The van der Waals surface area contributed by atoms with Crippen molar-refractivity contribution < 1.29 is 24.2 Å². The third-order valence-corrected chi connectivity index (χ3v) is 4.96. The first-order chi connectivity index (χ1) is 11.8. The van der Waals surface area contributed by atoms with Crippen molar-refractivity contribution in [2.24, 2.45) is 0 Å². The second-order valence-electron chi connectivity index (χ2n) is 5.16. The summed E-state index contributed by atoms with van der Waals surface area (Å²) in [6, 6.07) is 0.166. The lowest BCUT2D eigenvalue weighted by Gasteiger charge is -2.29. The van der Waals surface area contributed by atoms with Crippen molar-refractivity contribution in [3.8, 4) is 11.5 Å². The number of halogens is 2. The molecule has 1 aliphatic rings. The third-order valence-electron chi connectivity index (χ3n) is 3.55. The van der Waals surface area contributed by atoms with Crippen LogP contribution >= 0.6 is 27.5 Å². The van der Waals surface area contributed by atoms with Crippen LogP contribution in [0.25, 0.3) is 0 Å². The average Bonchev–Trinajstić information content (AvgIpc) is 2.55. The van der Waals surface area contributed by atoms with Gasteiger partial charge in [-0.1, -0.05) is 11.6 Å². The summed E-state index contributed by atoms with van der Waals surface area (Å²) in [6.45, 7) is 5.56. The molecule has 1 heterocycles. The number of hydrogen-bond donors (Lipinski definition) is 3. The highest BCUT2D eigenvalue weighted by Crippen LogP contribution is 2.45. The Labute approximate surface area is 158 Å². The van der Waals surface area contributed by atoms with E-state index in [-0.39, 0.29) is 33.2 Å². The van der Waals surface area contributed by atoms with Gasteiger partial charge >= 0.3 is 12.0 Å². The van der Waals surface area contributed by atoms with E-state index < -0.39 is 18.0 Å². The molecule has 2 amide bonds. The molecular weight excluding hydrogens is 416 g/mol. The van der Waals surface area contributed by atoms with Crippen LogP contribution in [0.1, 0.15) is 32.4 Å². The van der Waals surface area contributed by atoms with Gasteiger partial charge in [-0.3, -0.25) is 0 Å². The molecule has 0 bridgehead atoms. The molecule has 0 saturated carbocycles. The highest BCUT2D eigenvalue weighted by Gasteiger charge is 2.34. The molecule has 1 aliphatic heterocycles. The van der Waals surface area contributed by atoms with Crippen LogP contribution in [0, 0.1) is 0 Å². The van der Waals surface area contributed by atoms with Crippen molar-refractivity contribution in [1.29, 1.82) is 0 Å². The van der Waals surface area contributed by atoms with Crippen LogP contribution in [0.5, 0.6) is 11.5 Å². The zero-order valence-corrected chi connectivity index (χ0v) is 16.2. The number of ether oxygens (including phenoxy) is 2. The second-order valence-corrected chi connectivity index (χ2v) is 6.34. The van der Waals surface area contributed by atoms with Gasteiger partial charge in [0.15, 0.2) is 11.5 Å². The molecule has 1 aromatic rings. The largest absolute Gasteiger partial charge is 0.503 e. The SMILES string of the molecule is CCOC(=O)C1=C(C)NC(=O)N[C@H]1c1cc(OCC)c(O)c(Br)c1Cl. The maximum absolute atomic E-state index is 12.4. The van der Waals surface area contributed by atoms with Crippen LogP contribution in [0.3, 0.4) is 0 Å². The van der Waals surface area contributed by atoms with Gasteiger partial charge < -0.3 is 25.2 Å². The number of rotatable bonds is 5. The first kappa shape index (κ1) is 19.4. The summed E-state index contributed by atoms with van der Waals surface area (Å²) < 4.78 is 10.7. The molecule has 9 heteroatoms. The molecule has 7 nitrogen and oxygen atoms in total. The number of phenols is 1. The first-order valence-corrected chi connectivity index (χ1v) is 8.77. The first-order valence-electron chi connectivity index (χ1n) is 7.60. The van der Waals surface area contributed by atoms with Gasteiger partial charge in [0, 0.05) is 11.3 Å². The van der Waals surface area contributed by atoms with Crippen LogP contribution < -0.4 is 15.4 Å². The number of phenolic OH excluding ortho intramolecular Hbond substituents is 1. The van der Waals surface area contributed by atoms with Crippen molar-refractivity contribution in [1.82, 2.24) is 10.6 Å². The van der Waals surface area contributed by atoms with Gasteiger partial charge in [-0.25, -0.2) is 9.59 Å². The molecule has 0 unspecified atom stereocenters. The third kappa shape index (κ3) is 3.85. The predicted molar refractivity (Wildman–Crippen MR) is 95.7 cm³/mol. The van der Waals surface area contributed by atoms with Gasteiger partial charge in [-0.15, -0.1) is 0 Å². The van der Waals surface area contributed by atoms with Gasteiger partial charge in [-0.2, -0.15) is 0 Å². The summed E-state index contributed by atoms with van der Waals surface area (Å²) in [5, 5.41) is 15.5. The van der Waals surface area contributed by atoms with Crippen molar-refractivity contribution >= 4 is 39.5 Å². The summed E-state index contributed by atoms with van der Waals surface area (Å²) in [7, 11) is 0. The van der Waals surface area contributed by atoms with Crippen molar-refractivity contribution in [2.75, 3.05) is 13.2 Å². The van der Waals surface area contributed by atoms with Gasteiger partial charge in [0.2, 0.25) is 0 Å². The van der Waals surface area contributed by atoms with Gasteiger partial charge in [0.25, 0.3) is 0 Å². The molecule has 0 saturated heterocycles. The molecule has 1 aromatic carbocycles. The average molecular weight is 434 g/mol. The number of hydrogen-bond acceptors (Lipinski definition) is 5. The fraction of sp³-hybridized carbons (Fsp3) is 0.375. The smallest absolute Gasteiger partial charge is 0.338 e. The van der Waals surface area contributed by atoms with Crippen LogP contribution in [0.15, 0.2) is 21.8 Å². The lowest BCUT2D eigenvalue weighted by atomic mass is 9.95. The normalized spacial score (nSPS) is 17.0. The number of esters is 1. The minimum atomic E-state index is -0.851. The van der Waals surface area contributed by atoms with E-state index in [1.165, 1.54) is 6.07 Å². The zero-order chi connectivity index (χ0) is 18.7. The quantitative estimate of drug-likeness (QED) is 0.619. The Morgan fingerprint density at radius 1 is 1.40 bits per heavy atom. The summed E-state index contributed by atoms with van der Waals surface area (Å²) in [5.41, 5.74) is 0.987. The van der Waals surface area contributed by atoms with E-state index >= 15 is 0 Å². The van der Waals surface area contributed by atoms with Crippen molar-refractivity contribution in [2.45, 2.75) is 26.8 Å². The standard InChI is InChI=1S/C16H18BrClN2O5/c1-4-24-9-6-8(12(18)11(17)14(9)21)13-10(15(22)25-5-2)7(3)19-16(23)20-13/h6,13,21H,4-5H2,1-3H3,(H2,19,20,23)/t13-/m0/s1. The molecule has 0 aromatic heterocycles. The number of carbonyl (C=O) groups is 2. The molecule has 0 fully saturated rings. The maximum Gasteiger partial charge on any atom is 0.338 e. The maximum atomic E-state index is 12.4. The van der Waals surface area contributed by atoms with Crippen LogP contribution in [0.4, 0.5) is 4.79 Å². The number of amides is 2. The fourth-order valence-corrected chi connectivity index (χ4v) is 3.17. The van der Waals surface area contributed by atoms with Gasteiger partial charge in [0.1, 0.15) is 0 Å². The predicted octanol–water partition coefficient (Wildman–Crippen LogP) is 3.40. The molecule has 3 N–H and O–H groups in total. The van der Waals surface area contributed by atoms with Crippen LogP contribution in [0.2, 0.25) is 5.02 Å². The zero-order valence-electron chi connectivity index (χ0n) is 13.9. The van der Waals surface area contributed by atoms with E-state index in [2.05, 4.69) is 26.6 Å². The fourth-order valence-electron chi connectivity index (χ4n) is 2.49. The lowest BCUT2D eigenvalue weighted by molar-refractivity contribution is -0.139. The number of aromatic hydroxyl groups is 1. The van der Waals surface area contributed by atoms with E-state index in [1.54, 1.807) is 20.8 Å². The molecule has 1 atom stereocenters. The summed E-state index contributed by atoms with van der Waals surface area (Å²) in [4.78, 5) is 24.3. The van der Waals surface area contributed by atoms with E-state index in [9.17, 15) is 14.7 Å². The lowest BCUT2D eigenvalue weighted by Crippen LogP contribution is -2.45. The number of carbonyl (C=O) groups excluding carboxylic acids is 2. The minimum absolute atomic E-state index is 0.155. The molecule has 0 radical (unpaired) electrons. The molecule has 25 heavy (non-hydrogen) atoms. The van der Waals surface area contributed by atoms with Gasteiger partial charge in [-0.05, 0) is 42.8 Å². The Kier molecular flexibility index (Phi) is 6.18. The number of benzene rings is 1. The Morgan fingerprint density at radius 3 is 2.68 bits per heavy atom. The second kappa shape index (κ2) is 7.97. The molecule has 0 aliphatic carbocycles. The van der Waals surface area contributed by atoms with E-state index in [1.807, 2.05) is 0 Å². The number of urea groups is 1. The topological polar surface area (TPSA) is 96.9 Å². The summed E-state index contributed by atoms with van der Waals surface area (Å²) in [6.07, 6.45) is 0. The highest BCUT2D eigenvalue weighted by atomic mass is 79.9. The van der Waals surface area contributed by atoms with Crippen molar-refractivity contribution in [3.63, 3.8) is 0 Å². The molecule has 2 rings (SSSR count). The van der Waals surface area contributed by atoms with Crippen LogP contribution in [-0.4, -0.2) is 30.3 Å². The van der Waals surface area contributed by atoms with Crippen molar-refractivity contribution in [3.05, 3.63) is 32.4 Å². The van der Waals surface area contributed by atoms with E-state index in [0.717, 1.165) is 0 Å². The van der Waals surface area contributed by atoms with Crippen LogP contribution in [-0.2, 0) is 9.53 Å². The Morgan fingerprint density at radius 2 is 2.08 bits per heavy atom. The molecule has 136 valence electrons. The number of nitrogens with one attached hydrogen (secondary N) is 2. The highest BCUT2D eigenvalue weighted by molar-refractivity contribution is 9.10. The molecule has 0 spiro atoms. The summed E-state index contributed by atoms with van der Waals surface area (Å²) >= 11 is 9.55. The van der Waals surface area contributed by atoms with E-state index in [4.69, 9.17) is 21.1 Å². The van der Waals surface area contributed by atoms with Gasteiger partial charge in [0.05, 0.1) is 34.3 Å². The molecular formula is C16H18BrClN2O5. The van der Waals surface area contributed by atoms with E-state index in [0.29, 0.717) is 17.9 Å². The Hall–Kier alpha value is -1.93. The number of allylic oxidation sites excluding steroid dienone is 1. The summed E-state index contributed by atoms with van der Waals surface area (Å²) in [5.74, 6) is -0.549. The Bertz CT molecular complexity index is 751. The minimum Gasteiger partial charge on any atom is -0.503 e. The Balaban J connectivity index is 2.62. The monoisotopic (exact) mass is 432 g/mol.